The summed E-state index contributed by atoms with van der Waals surface area (Å²) in [5, 5.41) is 19.3. The summed E-state index contributed by atoms with van der Waals surface area (Å²) in [6.45, 7) is 13.4. The van der Waals surface area contributed by atoms with E-state index in [4.69, 9.17) is 0 Å². The maximum absolute atomic E-state index is 14.3. The van der Waals surface area contributed by atoms with E-state index in [-0.39, 0.29) is 68.9 Å². The van der Waals surface area contributed by atoms with Gasteiger partial charge in [0.2, 0.25) is 0 Å². The minimum atomic E-state index is -0.747. The molecule has 5 heteroatoms. The van der Waals surface area contributed by atoms with Gasteiger partial charge in [0, 0.05) is 23.7 Å². The molecule has 0 heterocycles. The number of hydrogen-bond donors (Lipinski definition) is 1. The third kappa shape index (κ3) is 3.50. The molecule has 3 fully saturated rings. The van der Waals surface area contributed by atoms with E-state index in [1.165, 1.54) is 0 Å². The van der Waals surface area contributed by atoms with Crippen molar-refractivity contribution in [3.05, 3.63) is 23.3 Å². The van der Waals surface area contributed by atoms with Crippen LogP contribution in [0.15, 0.2) is 23.3 Å². The van der Waals surface area contributed by atoms with Crippen LogP contribution in [-0.2, 0) is 14.4 Å². The third-order valence-electron chi connectivity index (χ3n) is 12.5. The molecular formula is C32H43NO4. The van der Waals surface area contributed by atoms with Crippen LogP contribution in [0.25, 0.3) is 0 Å². The molecule has 5 rings (SSSR count). The van der Waals surface area contributed by atoms with E-state index in [0.29, 0.717) is 6.42 Å². The van der Waals surface area contributed by atoms with E-state index in [0.717, 1.165) is 50.5 Å². The van der Waals surface area contributed by atoms with Crippen molar-refractivity contribution < 1.29 is 19.5 Å². The van der Waals surface area contributed by atoms with Gasteiger partial charge in [-0.05, 0) is 90.9 Å². The molecule has 1 N–H and O–H groups in total. The Hall–Kier alpha value is -2.22. The maximum Gasteiger partial charge on any atom is 0.303 e. The Morgan fingerprint density at radius 3 is 2.38 bits per heavy atom. The summed E-state index contributed by atoms with van der Waals surface area (Å²) in [4.78, 5) is 38.9. The van der Waals surface area contributed by atoms with Gasteiger partial charge in [0.25, 0.3) is 0 Å². The van der Waals surface area contributed by atoms with Crippen molar-refractivity contribution in [3.63, 3.8) is 0 Å². The smallest absolute Gasteiger partial charge is 0.303 e. The Balaban J connectivity index is 1.65. The molecule has 5 aliphatic rings. The number of hydrogen-bond acceptors (Lipinski definition) is 4. The van der Waals surface area contributed by atoms with Crippen molar-refractivity contribution in [2.45, 2.75) is 99.3 Å². The first-order valence-corrected chi connectivity index (χ1v) is 14.3. The summed E-state index contributed by atoms with van der Waals surface area (Å²) < 4.78 is 0. The van der Waals surface area contributed by atoms with Crippen molar-refractivity contribution in [1.29, 1.82) is 5.26 Å². The van der Waals surface area contributed by atoms with Crippen molar-refractivity contribution in [2.75, 3.05) is 0 Å². The van der Waals surface area contributed by atoms with Crippen molar-refractivity contribution >= 4 is 17.5 Å². The zero-order valence-electron chi connectivity index (χ0n) is 23.4. The summed E-state index contributed by atoms with van der Waals surface area (Å²) in [6.07, 6.45) is 11.4. The van der Waals surface area contributed by atoms with Crippen molar-refractivity contribution in [3.8, 4) is 6.07 Å². The summed E-state index contributed by atoms with van der Waals surface area (Å²) in [6, 6.07) is 2.15. The van der Waals surface area contributed by atoms with Crippen LogP contribution in [0.1, 0.15) is 99.3 Å². The molecule has 3 unspecified atom stereocenters. The van der Waals surface area contributed by atoms with Crippen LogP contribution < -0.4 is 0 Å². The summed E-state index contributed by atoms with van der Waals surface area (Å²) in [5.41, 5.74) is 0.470. The zero-order valence-corrected chi connectivity index (χ0v) is 23.4. The van der Waals surface area contributed by atoms with Crippen molar-refractivity contribution in [2.24, 2.45) is 50.7 Å². The number of nitrogens with zero attached hydrogens (tertiary/aromatic N) is 1. The SMILES string of the molecule is C[C@@H]1C(=O)C(C#N)=C[C@]2(C)C3=CC(=O)C4C5CC(C)(C)CC[C@]5(CCC(=O)O)CC[C@@]4(C)[C@]3(C)CCC12. The maximum atomic E-state index is 14.3. The highest BCUT2D eigenvalue weighted by Crippen LogP contribution is 2.74. The normalized spacial score (nSPS) is 46.3. The number of allylic oxidation sites excluding steroid dienone is 4. The molecule has 5 aliphatic carbocycles. The van der Waals surface area contributed by atoms with Crippen LogP contribution in [0.4, 0.5) is 0 Å². The van der Waals surface area contributed by atoms with Gasteiger partial charge in [-0.2, -0.15) is 5.26 Å². The van der Waals surface area contributed by atoms with Crippen LogP contribution in [0.5, 0.6) is 0 Å². The van der Waals surface area contributed by atoms with Gasteiger partial charge in [-0.1, -0.05) is 53.2 Å². The van der Waals surface area contributed by atoms with E-state index < -0.39 is 11.4 Å². The van der Waals surface area contributed by atoms with Crippen LogP contribution in [0.3, 0.4) is 0 Å². The number of aliphatic carboxylic acids is 1. The Bertz CT molecular complexity index is 1170. The number of carbonyl (C=O) groups excluding carboxylic acids is 2. The molecule has 3 saturated carbocycles. The molecule has 0 spiro atoms. The van der Waals surface area contributed by atoms with Gasteiger partial charge in [0.1, 0.15) is 6.07 Å². The molecule has 0 aliphatic heterocycles. The largest absolute Gasteiger partial charge is 0.481 e. The van der Waals surface area contributed by atoms with Gasteiger partial charge in [-0.25, -0.2) is 0 Å². The topological polar surface area (TPSA) is 95.2 Å². The van der Waals surface area contributed by atoms with Gasteiger partial charge < -0.3 is 5.11 Å². The predicted molar refractivity (Wildman–Crippen MR) is 141 cm³/mol. The quantitative estimate of drug-likeness (QED) is 0.461. The van der Waals surface area contributed by atoms with Gasteiger partial charge in [-0.3, -0.25) is 14.4 Å². The first-order valence-electron chi connectivity index (χ1n) is 14.3. The molecule has 0 amide bonds. The summed E-state index contributed by atoms with van der Waals surface area (Å²) in [5.74, 6) is -0.699. The van der Waals surface area contributed by atoms with E-state index in [2.05, 4.69) is 40.7 Å². The Labute approximate surface area is 221 Å². The van der Waals surface area contributed by atoms with E-state index >= 15 is 0 Å². The van der Waals surface area contributed by atoms with E-state index in [1.807, 2.05) is 19.1 Å². The lowest BCUT2D eigenvalue weighted by Gasteiger charge is -2.69. The van der Waals surface area contributed by atoms with E-state index in [9.17, 15) is 24.8 Å². The third-order valence-corrected chi connectivity index (χ3v) is 12.5. The first-order chi connectivity index (χ1) is 17.1. The number of carboxylic acid groups (broad SMARTS) is 1. The molecular weight excluding hydrogens is 462 g/mol. The number of fused-ring (bicyclic) bond motifs is 7. The first kappa shape index (κ1) is 26.4. The monoisotopic (exact) mass is 505 g/mol. The van der Waals surface area contributed by atoms with Gasteiger partial charge in [0.15, 0.2) is 11.6 Å². The lowest BCUT2D eigenvalue weighted by atomic mass is 9.34. The second-order valence-corrected chi connectivity index (χ2v) is 14.7. The highest BCUT2D eigenvalue weighted by Gasteiger charge is 2.68. The number of rotatable bonds is 3. The van der Waals surface area contributed by atoms with Crippen molar-refractivity contribution in [1.82, 2.24) is 0 Å². The molecule has 200 valence electrons. The Kier molecular flexibility index (Phi) is 5.81. The standard InChI is InChI=1S/C32H43NO4/c1-19-21-7-9-30(5)24(29(21,4)16-20(18-33)27(19)37)15-23(34)26-22-17-28(2,3)11-13-32(22,10-8-25(35)36)14-12-31(26,30)6/h15-16,19,21-22,26H,7-14,17H2,1-6H3,(H,35,36)/t19-,21?,22?,26?,29-,30+,31+,32+/m0/s1. The number of carbonyl (C=O) groups is 3. The second-order valence-electron chi connectivity index (χ2n) is 14.7. The highest BCUT2D eigenvalue weighted by atomic mass is 16.4. The minimum Gasteiger partial charge on any atom is -0.481 e. The molecule has 0 bridgehead atoms. The minimum absolute atomic E-state index is 0.0641. The predicted octanol–water partition coefficient (Wildman–Crippen LogP) is 6.68. The lowest BCUT2D eigenvalue weighted by molar-refractivity contribution is -0.172. The Morgan fingerprint density at radius 2 is 1.73 bits per heavy atom. The Morgan fingerprint density at radius 1 is 1.05 bits per heavy atom. The molecule has 37 heavy (non-hydrogen) atoms. The zero-order chi connectivity index (χ0) is 27.2. The van der Waals surface area contributed by atoms with Crippen LogP contribution in [0.2, 0.25) is 0 Å². The van der Waals surface area contributed by atoms with Gasteiger partial charge >= 0.3 is 5.97 Å². The fourth-order valence-electron chi connectivity index (χ4n) is 10.2. The molecule has 0 saturated heterocycles. The molecule has 0 aromatic carbocycles. The van der Waals surface area contributed by atoms with Gasteiger partial charge in [-0.15, -0.1) is 0 Å². The molecule has 0 aromatic heterocycles. The van der Waals surface area contributed by atoms with Gasteiger partial charge in [0.05, 0.1) is 5.57 Å². The number of ketones is 2. The second kappa shape index (κ2) is 8.14. The average molecular weight is 506 g/mol. The highest BCUT2D eigenvalue weighted by molar-refractivity contribution is 6.02. The summed E-state index contributed by atoms with van der Waals surface area (Å²) >= 11 is 0. The number of Topliss-reactive ketones (excluding diaryl/α,β-unsaturated/α-hetero) is 1. The average Bonchev–Trinajstić information content (AvgIpc) is 2.82. The number of carboxylic acids is 1. The molecule has 0 aromatic rings. The fraction of sp³-hybridized carbons (Fsp3) is 0.750. The van der Waals surface area contributed by atoms with Crippen LogP contribution >= 0.6 is 0 Å². The molecule has 8 atom stereocenters. The number of nitriles is 1. The lowest BCUT2D eigenvalue weighted by Crippen LogP contribution is -2.64. The molecule has 0 radical (unpaired) electrons. The fourth-order valence-corrected chi connectivity index (χ4v) is 10.2. The van der Waals surface area contributed by atoms with E-state index in [1.54, 1.807) is 0 Å². The van der Waals surface area contributed by atoms with Crippen LogP contribution in [0, 0.1) is 62.1 Å². The molecule has 5 nitrogen and oxygen atoms in total. The summed E-state index contributed by atoms with van der Waals surface area (Å²) in [7, 11) is 0. The van der Waals surface area contributed by atoms with Crippen LogP contribution in [-0.4, -0.2) is 22.6 Å².